The zero-order chi connectivity index (χ0) is 13.8. The number of methoxy groups -OCH3 is 1. The molecule has 6 heteroatoms. The van der Waals surface area contributed by atoms with Crippen molar-refractivity contribution >= 4 is 26.0 Å². The van der Waals surface area contributed by atoms with Crippen LogP contribution in [0.15, 0.2) is 33.6 Å². The molecule has 0 radical (unpaired) electrons. The molecular formula is C12H18BrNO3S. The van der Waals surface area contributed by atoms with Crippen LogP contribution >= 0.6 is 15.9 Å². The summed E-state index contributed by atoms with van der Waals surface area (Å²) in [6.07, 6.45) is 0. The number of benzene rings is 1. The van der Waals surface area contributed by atoms with E-state index in [1.54, 1.807) is 31.4 Å². The van der Waals surface area contributed by atoms with Gasteiger partial charge in [-0.05, 0) is 25.1 Å². The Hall–Kier alpha value is -0.430. The van der Waals surface area contributed by atoms with Crippen molar-refractivity contribution in [1.29, 1.82) is 0 Å². The highest BCUT2D eigenvalue weighted by molar-refractivity contribution is 9.10. The molecule has 1 aromatic carbocycles. The lowest BCUT2D eigenvalue weighted by molar-refractivity contribution is 0.142. The largest absolute Gasteiger partial charge is 0.383 e. The van der Waals surface area contributed by atoms with Gasteiger partial charge in [0.15, 0.2) is 0 Å². The highest BCUT2D eigenvalue weighted by Gasteiger charge is 2.27. The molecule has 0 aliphatic heterocycles. The Morgan fingerprint density at radius 2 is 2.11 bits per heavy atom. The van der Waals surface area contributed by atoms with Crippen LogP contribution in [-0.4, -0.2) is 39.0 Å². The van der Waals surface area contributed by atoms with E-state index in [4.69, 9.17) is 4.74 Å². The first kappa shape index (κ1) is 15.6. The molecule has 0 N–H and O–H groups in total. The molecule has 102 valence electrons. The number of ether oxygens (including phenoxy) is 1. The maximum atomic E-state index is 12.5. The van der Waals surface area contributed by atoms with E-state index in [0.717, 1.165) is 4.47 Å². The van der Waals surface area contributed by atoms with E-state index in [-0.39, 0.29) is 6.04 Å². The second-order valence-corrected chi connectivity index (χ2v) is 6.78. The van der Waals surface area contributed by atoms with Gasteiger partial charge in [-0.2, -0.15) is 4.31 Å². The molecule has 0 bridgehead atoms. The Labute approximate surface area is 117 Å². The minimum Gasteiger partial charge on any atom is -0.383 e. The third-order valence-corrected chi connectivity index (χ3v) is 5.19. The second kappa shape index (κ2) is 6.65. The average molecular weight is 336 g/mol. The van der Waals surface area contributed by atoms with Gasteiger partial charge in [0.25, 0.3) is 0 Å². The molecular weight excluding hydrogens is 318 g/mol. The fourth-order valence-electron chi connectivity index (χ4n) is 1.81. The van der Waals surface area contributed by atoms with Crippen LogP contribution in [0.2, 0.25) is 0 Å². The van der Waals surface area contributed by atoms with Crippen LogP contribution in [-0.2, 0) is 14.8 Å². The van der Waals surface area contributed by atoms with Crippen molar-refractivity contribution in [2.24, 2.45) is 0 Å². The Morgan fingerprint density at radius 1 is 1.44 bits per heavy atom. The molecule has 0 aliphatic carbocycles. The van der Waals surface area contributed by atoms with Gasteiger partial charge in [-0.3, -0.25) is 0 Å². The van der Waals surface area contributed by atoms with Crippen molar-refractivity contribution in [3.05, 3.63) is 28.7 Å². The summed E-state index contributed by atoms with van der Waals surface area (Å²) in [5.41, 5.74) is 0. The van der Waals surface area contributed by atoms with Gasteiger partial charge in [-0.15, -0.1) is 0 Å². The van der Waals surface area contributed by atoms with Crippen molar-refractivity contribution < 1.29 is 13.2 Å². The van der Waals surface area contributed by atoms with Gasteiger partial charge in [0.1, 0.15) is 0 Å². The van der Waals surface area contributed by atoms with Crippen molar-refractivity contribution in [2.45, 2.75) is 24.8 Å². The lowest BCUT2D eigenvalue weighted by Crippen LogP contribution is -2.40. The normalized spacial score (nSPS) is 13.8. The van der Waals surface area contributed by atoms with Gasteiger partial charge < -0.3 is 4.74 Å². The van der Waals surface area contributed by atoms with Crippen LogP contribution in [0.1, 0.15) is 13.8 Å². The highest BCUT2D eigenvalue weighted by Crippen LogP contribution is 2.21. The summed E-state index contributed by atoms with van der Waals surface area (Å²) >= 11 is 3.29. The molecule has 4 nitrogen and oxygen atoms in total. The molecule has 18 heavy (non-hydrogen) atoms. The van der Waals surface area contributed by atoms with Crippen molar-refractivity contribution in [1.82, 2.24) is 4.31 Å². The predicted molar refractivity (Wildman–Crippen MR) is 75.0 cm³/mol. The smallest absolute Gasteiger partial charge is 0.243 e. The van der Waals surface area contributed by atoms with Crippen LogP contribution in [0, 0.1) is 0 Å². The minimum absolute atomic E-state index is 0.191. The molecule has 0 spiro atoms. The Bertz CT molecular complexity index is 490. The first-order valence-corrected chi connectivity index (χ1v) is 7.93. The van der Waals surface area contributed by atoms with E-state index in [2.05, 4.69) is 15.9 Å². The zero-order valence-electron chi connectivity index (χ0n) is 10.8. The van der Waals surface area contributed by atoms with Crippen LogP contribution in [0.25, 0.3) is 0 Å². The van der Waals surface area contributed by atoms with E-state index in [0.29, 0.717) is 18.0 Å². The molecule has 0 saturated carbocycles. The lowest BCUT2D eigenvalue weighted by atomic mass is 10.3. The zero-order valence-corrected chi connectivity index (χ0v) is 13.2. The standard InChI is InChI=1S/C12H18BrNO3S/c1-4-14(10(2)9-17-3)18(15,16)12-7-5-6-11(13)8-12/h5-8,10H,4,9H2,1-3H3/t10-/m0/s1. The van der Waals surface area contributed by atoms with Crippen molar-refractivity contribution in [3.8, 4) is 0 Å². The van der Waals surface area contributed by atoms with Gasteiger partial charge in [-0.25, -0.2) is 8.42 Å². The number of hydrogen-bond acceptors (Lipinski definition) is 3. The second-order valence-electron chi connectivity index (χ2n) is 3.97. The summed E-state index contributed by atoms with van der Waals surface area (Å²) in [4.78, 5) is 0.293. The molecule has 0 fully saturated rings. The third kappa shape index (κ3) is 3.54. The fourth-order valence-corrected chi connectivity index (χ4v) is 4.03. The van der Waals surface area contributed by atoms with Gasteiger partial charge in [0.2, 0.25) is 10.0 Å². The molecule has 0 saturated heterocycles. The molecule has 0 aromatic heterocycles. The van der Waals surface area contributed by atoms with Gasteiger partial charge in [0.05, 0.1) is 11.5 Å². The molecule has 1 rings (SSSR count). The summed E-state index contributed by atoms with van der Waals surface area (Å²) < 4.78 is 32.2. The van der Waals surface area contributed by atoms with E-state index in [1.165, 1.54) is 4.31 Å². The van der Waals surface area contributed by atoms with Crippen LogP contribution in [0.5, 0.6) is 0 Å². The van der Waals surface area contributed by atoms with Crippen LogP contribution in [0.3, 0.4) is 0 Å². The Kier molecular flexibility index (Phi) is 5.78. The van der Waals surface area contributed by atoms with E-state index < -0.39 is 10.0 Å². The summed E-state index contributed by atoms with van der Waals surface area (Å²) in [5, 5.41) is 0. The molecule has 0 heterocycles. The number of sulfonamides is 1. The summed E-state index contributed by atoms with van der Waals surface area (Å²) in [7, 11) is -1.91. The van der Waals surface area contributed by atoms with Gasteiger partial charge >= 0.3 is 0 Å². The van der Waals surface area contributed by atoms with E-state index >= 15 is 0 Å². The molecule has 0 aliphatic rings. The summed E-state index contributed by atoms with van der Waals surface area (Å²) in [6, 6.07) is 6.53. The number of likely N-dealkylation sites (N-methyl/N-ethyl adjacent to an activating group) is 1. The van der Waals surface area contributed by atoms with Gasteiger partial charge in [-0.1, -0.05) is 28.9 Å². The fraction of sp³-hybridized carbons (Fsp3) is 0.500. The third-order valence-electron chi connectivity index (χ3n) is 2.61. The van der Waals surface area contributed by atoms with E-state index in [9.17, 15) is 8.42 Å². The summed E-state index contributed by atoms with van der Waals surface area (Å²) in [5.74, 6) is 0. The maximum Gasteiger partial charge on any atom is 0.243 e. The summed E-state index contributed by atoms with van der Waals surface area (Å²) in [6.45, 7) is 4.45. The quantitative estimate of drug-likeness (QED) is 0.802. The van der Waals surface area contributed by atoms with Crippen LogP contribution < -0.4 is 0 Å². The Morgan fingerprint density at radius 3 is 2.61 bits per heavy atom. The number of rotatable bonds is 6. The lowest BCUT2D eigenvalue weighted by Gasteiger charge is -2.26. The first-order chi connectivity index (χ1) is 8.43. The molecule has 1 aromatic rings. The highest BCUT2D eigenvalue weighted by atomic mass is 79.9. The van der Waals surface area contributed by atoms with Gasteiger partial charge in [0, 0.05) is 24.2 Å². The minimum atomic E-state index is -3.47. The Balaban J connectivity index is 3.11. The number of nitrogens with zero attached hydrogens (tertiary/aromatic N) is 1. The number of hydrogen-bond donors (Lipinski definition) is 0. The van der Waals surface area contributed by atoms with E-state index in [1.807, 2.05) is 13.8 Å². The monoisotopic (exact) mass is 335 g/mol. The van der Waals surface area contributed by atoms with Crippen molar-refractivity contribution in [3.63, 3.8) is 0 Å². The predicted octanol–water partition coefficient (Wildman–Crippen LogP) is 2.49. The first-order valence-electron chi connectivity index (χ1n) is 5.69. The SMILES string of the molecule is CCN([C@@H](C)COC)S(=O)(=O)c1cccc(Br)c1. The maximum absolute atomic E-state index is 12.5. The molecule has 0 amide bonds. The molecule has 1 atom stereocenters. The van der Waals surface area contributed by atoms with Crippen LogP contribution in [0.4, 0.5) is 0 Å². The van der Waals surface area contributed by atoms with Crippen molar-refractivity contribution in [2.75, 3.05) is 20.3 Å². The average Bonchev–Trinajstić information content (AvgIpc) is 2.30. The molecule has 0 unspecified atom stereocenters. The topological polar surface area (TPSA) is 46.6 Å². The number of halogens is 1.